The highest BCUT2D eigenvalue weighted by molar-refractivity contribution is 5.69. The van der Waals surface area contributed by atoms with Gasteiger partial charge in [-0.3, -0.25) is 4.79 Å². The van der Waals surface area contributed by atoms with Crippen molar-refractivity contribution in [3.05, 3.63) is 0 Å². The van der Waals surface area contributed by atoms with Gasteiger partial charge in [-0.2, -0.15) is 0 Å². The van der Waals surface area contributed by atoms with E-state index < -0.39 is 5.79 Å². The van der Waals surface area contributed by atoms with Crippen LogP contribution in [0.15, 0.2) is 0 Å². The highest BCUT2D eigenvalue weighted by Gasteiger charge is 2.36. The summed E-state index contributed by atoms with van der Waals surface area (Å²) in [6.45, 7) is 9.61. The zero-order valence-electron chi connectivity index (χ0n) is 10.7. The molecular weight excluding hydrogens is 208 g/mol. The Labute approximate surface area is 97.2 Å². The first-order chi connectivity index (χ1) is 7.37. The van der Waals surface area contributed by atoms with Crippen LogP contribution in [0.25, 0.3) is 0 Å². The molecule has 1 fully saturated rings. The van der Waals surface area contributed by atoms with Gasteiger partial charge in [0.15, 0.2) is 5.79 Å². The Balaban J connectivity index is 2.34. The second-order valence-electron chi connectivity index (χ2n) is 5.18. The predicted molar refractivity (Wildman–Crippen MR) is 60.0 cm³/mol. The molecule has 0 unspecified atom stereocenters. The molecule has 0 amide bonds. The quantitative estimate of drug-likeness (QED) is 0.694. The first-order valence-corrected chi connectivity index (χ1v) is 5.80. The average molecular weight is 230 g/mol. The molecule has 0 spiro atoms. The van der Waals surface area contributed by atoms with Gasteiger partial charge in [-0.1, -0.05) is 13.8 Å². The molecule has 16 heavy (non-hydrogen) atoms. The lowest BCUT2D eigenvalue weighted by molar-refractivity contribution is -0.292. The standard InChI is InChI=1S/C12H22O4/c1-5-14-10(13)6-7-12(4)15-8-11(2,3)9-16-12/h5-9H2,1-4H3. The minimum absolute atomic E-state index is 0.0590. The zero-order chi connectivity index (χ0) is 12.2. The topological polar surface area (TPSA) is 44.8 Å². The zero-order valence-corrected chi connectivity index (χ0v) is 10.7. The molecule has 0 N–H and O–H groups in total. The maximum Gasteiger partial charge on any atom is 0.305 e. The molecule has 1 heterocycles. The molecule has 0 saturated carbocycles. The third-order valence-corrected chi connectivity index (χ3v) is 2.63. The van der Waals surface area contributed by atoms with Crippen molar-refractivity contribution in [1.29, 1.82) is 0 Å². The lowest BCUT2D eigenvalue weighted by Crippen LogP contribution is -2.45. The molecule has 4 nitrogen and oxygen atoms in total. The smallest absolute Gasteiger partial charge is 0.305 e. The summed E-state index contributed by atoms with van der Waals surface area (Å²) in [4.78, 5) is 11.2. The van der Waals surface area contributed by atoms with E-state index in [0.717, 1.165) is 0 Å². The molecule has 1 saturated heterocycles. The molecule has 1 rings (SSSR count). The van der Waals surface area contributed by atoms with Gasteiger partial charge in [-0.25, -0.2) is 0 Å². The van der Waals surface area contributed by atoms with Gasteiger partial charge in [0.1, 0.15) is 0 Å². The third-order valence-electron chi connectivity index (χ3n) is 2.63. The molecule has 94 valence electrons. The summed E-state index contributed by atoms with van der Waals surface area (Å²) >= 11 is 0. The largest absolute Gasteiger partial charge is 0.466 e. The molecule has 0 bridgehead atoms. The van der Waals surface area contributed by atoms with E-state index in [0.29, 0.717) is 32.7 Å². The molecular formula is C12H22O4. The number of ether oxygens (including phenoxy) is 3. The van der Waals surface area contributed by atoms with E-state index in [-0.39, 0.29) is 11.4 Å². The van der Waals surface area contributed by atoms with Crippen LogP contribution in [-0.4, -0.2) is 31.6 Å². The number of rotatable bonds is 4. The van der Waals surface area contributed by atoms with Crippen molar-refractivity contribution in [2.45, 2.75) is 46.3 Å². The van der Waals surface area contributed by atoms with Crippen LogP contribution in [0.1, 0.15) is 40.5 Å². The maximum absolute atomic E-state index is 11.2. The Bertz CT molecular complexity index is 237. The number of hydrogen-bond acceptors (Lipinski definition) is 4. The highest BCUT2D eigenvalue weighted by Crippen LogP contribution is 2.31. The summed E-state index contributed by atoms with van der Waals surface area (Å²) in [5.74, 6) is -0.830. The van der Waals surface area contributed by atoms with Gasteiger partial charge >= 0.3 is 5.97 Å². The molecule has 0 aromatic heterocycles. The third kappa shape index (κ3) is 4.10. The van der Waals surface area contributed by atoms with E-state index in [9.17, 15) is 4.79 Å². The van der Waals surface area contributed by atoms with Crippen molar-refractivity contribution >= 4 is 5.97 Å². The van der Waals surface area contributed by atoms with Gasteiger partial charge in [0.05, 0.1) is 26.2 Å². The van der Waals surface area contributed by atoms with Crippen molar-refractivity contribution in [3.8, 4) is 0 Å². The second-order valence-corrected chi connectivity index (χ2v) is 5.18. The fourth-order valence-corrected chi connectivity index (χ4v) is 1.49. The van der Waals surface area contributed by atoms with Gasteiger partial charge in [0.2, 0.25) is 0 Å². The van der Waals surface area contributed by atoms with E-state index in [1.54, 1.807) is 6.92 Å². The van der Waals surface area contributed by atoms with Crippen molar-refractivity contribution in [1.82, 2.24) is 0 Å². The minimum Gasteiger partial charge on any atom is -0.466 e. The van der Waals surface area contributed by atoms with Crippen LogP contribution in [-0.2, 0) is 19.0 Å². The number of carbonyl (C=O) groups excluding carboxylic acids is 1. The van der Waals surface area contributed by atoms with Crippen LogP contribution in [0.3, 0.4) is 0 Å². The Kier molecular flexibility index (Phi) is 4.33. The Morgan fingerprint density at radius 1 is 1.25 bits per heavy atom. The number of esters is 1. The molecule has 0 atom stereocenters. The first-order valence-electron chi connectivity index (χ1n) is 5.80. The van der Waals surface area contributed by atoms with E-state index in [2.05, 4.69) is 13.8 Å². The predicted octanol–water partition coefficient (Wildman–Crippen LogP) is 2.12. The van der Waals surface area contributed by atoms with Crippen molar-refractivity contribution in [2.75, 3.05) is 19.8 Å². The van der Waals surface area contributed by atoms with E-state index in [1.807, 2.05) is 6.92 Å². The average Bonchev–Trinajstić information content (AvgIpc) is 2.21. The second kappa shape index (κ2) is 5.15. The first kappa shape index (κ1) is 13.5. The van der Waals surface area contributed by atoms with Crippen molar-refractivity contribution in [3.63, 3.8) is 0 Å². The van der Waals surface area contributed by atoms with Gasteiger partial charge in [-0.15, -0.1) is 0 Å². The lowest BCUT2D eigenvalue weighted by Gasteiger charge is -2.41. The Morgan fingerprint density at radius 3 is 2.31 bits per heavy atom. The van der Waals surface area contributed by atoms with Gasteiger partial charge in [-0.05, 0) is 13.8 Å². The summed E-state index contributed by atoms with van der Waals surface area (Å²) in [7, 11) is 0. The van der Waals surface area contributed by atoms with Crippen LogP contribution in [0.2, 0.25) is 0 Å². The van der Waals surface area contributed by atoms with Crippen molar-refractivity contribution in [2.24, 2.45) is 5.41 Å². The van der Waals surface area contributed by atoms with E-state index in [4.69, 9.17) is 14.2 Å². The van der Waals surface area contributed by atoms with E-state index >= 15 is 0 Å². The van der Waals surface area contributed by atoms with Crippen LogP contribution in [0.4, 0.5) is 0 Å². The molecule has 1 aliphatic heterocycles. The molecule has 1 aliphatic rings. The summed E-state index contributed by atoms with van der Waals surface area (Å²) in [5, 5.41) is 0. The van der Waals surface area contributed by atoms with Crippen molar-refractivity contribution < 1.29 is 19.0 Å². The minimum atomic E-state index is -0.637. The normalized spacial score (nSPS) is 22.8. The van der Waals surface area contributed by atoms with Gasteiger partial charge in [0.25, 0.3) is 0 Å². The number of hydrogen-bond donors (Lipinski definition) is 0. The monoisotopic (exact) mass is 230 g/mol. The van der Waals surface area contributed by atoms with Crippen LogP contribution < -0.4 is 0 Å². The lowest BCUT2D eigenvalue weighted by atomic mass is 9.94. The Hall–Kier alpha value is -0.610. The molecule has 0 aliphatic carbocycles. The van der Waals surface area contributed by atoms with Crippen LogP contribution in [0.5, 0.6) is 0 Å². The molecule has 0 aromatic rings. The summed E-state index contributed by atoms with van der Waals surface area (Å²) in [6, 6.07) is 0. The summed E-state index contributed by atoms with van der Waals surface area (Å²) < 4.78 is 16.2. The number of carbonyl (C=O) groups is 1. The summed E-state index contributed by atoms with van der Waals surface area (Å²) in [5.41, 5.74) is 0.0590. The molecule has 0 aromatic carbocycles. The Morgan fingerprint density at radius 2 is 1.81 bits per heavy atom. The fraction of sp³-hybridized carbons (Fsp3) is 0.917. The van der Waals surface area contributed by atoms with Crippen LogP contribution >= 0.6 is 0 Å². The molecule has 0 radical (unpaired) electrons. The summed E-state index contributed by atoms with van der Waals surface area (Å²) in [6.07, 6.45) is 0.882. The van der Waals surface area contributed by atoms with Gasteiger partial charge in [0, 0.05) is 11.8 Å². The van der Waals surface area contributed by atoms with Crippen LogP contribution in [0, 0.1) is 5.41 Å². The highest BCUT2D eigenvalue weighted by atomic mass is 16.7. The fourth-order valence-electron chi connectivity index (χ4n) is 1.49. The van der Waals surface area contributed by atoms with Gasteiger partial charge < -0.3 is 14.2 Å². The van der Waals surface area contributed by atoms with E-state index in [1.165, 1.54) is 0 Å². The SMILES string of the molecule is CCOC(=O)CCC1(C)OCC(C)(C)CO1. The maximum atomic E-state index is 11.2. The molecule has 4 heteroatoms.